The SMILES string of the molecule is Cc1ccc(F)c2c1CCCN2CC(=O)NN1C(=O)NC(C)(CCc2ccccc2)C1=O. The molecular formula is C24H27FN4O3. The van der Waals surface area contributed by atoms with Crippen LogP contribution in [0.25, 0.3) is 0 Å². The molecule has 1 fully saturated rings. The normalized spacial score (nSPS) is 20.2. The number of nitrogens with one attached hydrogen (secondary N) is 2. The summed E-state index contributed by atoms with van der Waals surface area (Å²) in [5.41, 5.74) is 4.66. The van der Waals surface area contributed by atoms with Crippen molar-refractivity contribution in [3.8, 4) is 0 Å². The summed E-state index contributed by atoms with van der Waals surface area (Å²) in [5.74, 6) is -1.43. The number of aryl methyl sites for hydroxylation is 2. The Hall–Kier alpha value is -3.42. The third kappa shape index (κ3) is 4.17. The first kappa shape index (κ1) is 21.8. The maximum Gasteiger partial charge on any atom is 0.344 e. The van der Waals surface area contributed by atoms with Gasteiger partial charge in [0.05, 0.1) is 12.2 Å². The molecule has 4 amide bonds. The number of carbonyl (C=O) groups is 3. The topological polar surface area (TPSA) is 81.8 Å². The van der Waals surface area contributed by atoms with Gasteiger partial charge in [0, 0.05) is 6.54 Å². The number of halogens is 1. The molecular weight excluding hydrogens is 411 g/mol. The molecule has 2 heterocycles. The number of hydrazine groups is 1. The van der Waals surface area contributed by atoms with Gasteiger partial charge in [-0.05, 0) is 62.3 Å². The van der Waals surface area contributed by atoms with E-state index in [-0.39, 0.29) is 12.4 Å². The van der Waals surface area contributed by atoms with Gasteiger partial charge in [-0.3, -0.25) is 15.0 Å². The smallest absolute Gasteiger partial charge is 0.344 e. The highest BCUT2D eigenvalue weighted by Gasteiger charge is 2.48. The van der Waals surface area contributed by atoms with E-state index in [1.807, 2.05) is 37.3 Å². The molecule has 4 rings (SSSR count). The van der Waals surface area contributed by atoms with Crippen molar-refractivity contribution in [2.75, 3.05) is 18.0 Å². The van der Waals surface area contributed by atoms with E-state index in [1.54, 1.807) is 17.9 Å². The Morgan fingerprint density at radius 2 is 1.94 bits per heavy atom. The molecule has 1 unspecified atom stereocenters. The number of nitrogens with zero attached hydrogens (tertiary/aromatic N) is 2. The molecule has 0 spiro atoms. The van der Waals surface area contributed by atoms with Gasteiger partial charge >= 0.3 is 6.03 Å². The van der Waals surface area contributed by atoms with Gasteiger partial charge in [-0.2, -0.15) is 5.01 Å². The molecule has 1 saturated heterocycles. The number of imide groups is 1. The van der Waals surface area contributed by atoms with Crippen LogP contribution in [-0.2, 0) is 22.4 Å². The molecule has 2 N–H and O–H groups in total. The average molecular weight is 439 g/mol. The molecule has 0 aromatic heterocycles. The number of hydrogen-bond acceptors (Lipinski definition) is 4. The van der Waals surface area contributed by atoms with E-state index >= 15 is 0 Å². The van der Waals surface area contributed by atoms with E-state index in [4.69, 9.17) is 0 Å². The number of anilines is 1. The second kappa shape index (κ2) is 8.61. The Labute approximate surface area is 186 Å². The van der Waals surface area contributed by atoms with Crippen molar-refractivity contribution in [1.82, 2.24) is 15.8 Å². The molecule has 0 aliphatic carbocycles. The highest BCUT2D eigenvalue weighted by molar-refractivity contribution is 6.07. The lowest BCUT2D eigenvalue weighted by molar-refractivity contribution is -0.138. The van der Waals surface area contributed by atoms with Crippen molar-refractivity contribution >= 4 is 23.5 Å². The van der Waals surface area contributed by atoms with Crippen LogP contribution in [0.15, 0.2) is 42.5 Å². The Morgan fingerprint density at radius 1 is 1.19 bits per heavy atom. The number of carbonyl (C=O) groups excluding carboxylic acids is 3. The summed E-state index contributed by atoms with van der Waals surface area (Å²) in [6.07, 6.45) is 2.56. The fraction of sp³-hybridized carbons (Fsp3) is 0.375. The summed E-state index contributed by atoms with van der Waals surface area (Å²) in [5, 5.41) is 3.43. The van der Waals surface area contributed by atoms with Crippen LogP contribution in [0.5, 0.6) is 0 Å². The van der Waals surface area contributed by atoms with E-state index in [0.29, 0.717) is 25.1 Å². The Kier molecular flexibility index (Phi) is 5.86. The zero-order chi connectivity index (χ0) is 22.9. The van der Waals surface area contributed by atoms with Crippen molar-refractivity contribution < 1.29 is 18.8 Å². The van der Waals surface area contributed by atoms with Crippen LogP contribution < -0.4 is 15.6 Å². The number of urea groups is 1. The first-order valence-corrected chi connectivity index (χ1v) is 10.8. The van der Waals surface area contributed by atoms with Crippen LogP contribution in [0.2, 0.25) is 0 Å². The molecule has 32 heavy (non-hydrogen) atoms. The van der Waals surface area contributed by atoms with E-state index < -0.39 is 23.4 Å². The van der Waals surface area contributed by atoms with Crippen molar-refractivity contribution in [2.24, 2.45) is 0 Å². The summed E-state index contributed by atoms with van der Waals surface area (Å²) >= 11 is 0. The third-order valence-corrected chi connectivity index (χ3v) is 6.23. The second-order valence-corrected chi connectivity index (χ2v) is 8.64. The van der Waals surface area contributed by atoms with Gasteiger partial charge in [-0.1, -0.05) is 36.4 Å². The standard InChI is InChI=1S/C24H27FN4O3/c1-16-10-11-19(25)21-18(16)9-6-14-28(21)15-20(30)27-29-22(31)24(2,26-23(29)32)13-12-17-7-4-3-5-8-17/h3-5,7-8,10-11H,6,9,12-15H2,1-2H3,(H,26,32)(H,27,30). The second-order valence-electron chi connectivity index (χ2n) is 8.64. The van der Waals surface area contributed by atoms with Gasteiger partial charge in [-0.25, -0.2) is 9.18 Å². The van der Waals surface area contributed by atoms with Crippen LogP contribution in [0.4, 0.5) is 14.9 Å². The van der Waals surface area contributed by atoms with Crippen molar-refractivity contribution in [2.45, 2.75) is 45.1 Å². The minimum Gasteiger partial charge on any atom is -0.360 e. The summed E-state index contributed by atoms with van der Waals surface area (Å²) in [6, 6.07) is 12.1. The molecule has 168 valence electrons. The minimum atomic E-state index is -1.11. The lowest BCUT2D eigenvalue weighted by atomic mass is 9.93. The van der Waals surface area contributed by atoms with E-state index in [9.17, 15) is 18.8 Å². The predicted molar refractivity (Wildman–Crippen MR) is 118 cm³/mol. The maximum absolute atomic E-state index is 14.5. The molecule has 8 heteroatoms. The Bertz CT molecular complexity index is 1060. The quantitative estimate of drug-likeness (QED) is 0.680. The Morgan fingerprint density at radius 3 is 2.69 bits per heavy atom. The first-order chi connectivity index (χ1) is 15.3. The van der Waals surface area contributed by atoms with Crippen LogP contribution in [0.1, 0.15) is 36.5 Å². The zero-order valence-electron chi connectivity index (χ0n) is 18.3. The third-order valence-electron chi connectivity index (χ3n) is 6.23. The summed E-state index contributed by atoms with van der Waals surface area (Å²) in [6.45, 7) is 3.95. The van der Waals surface area contributed by atoms with Crippen LogP contribution in [-0.4, -0.2) is 41.5 Å². The predicted octanol–water partition coefficient (Wildman–Crippen LogP) is 2.86. The number of fused-ring (bicyclic) bond motifs is 1. The van der Waals surface area contributed by atoms with Gasteiger partial charge in [0.15, 0.2) is 0 Å². The lowest BCUT2D eigenvalue weighted by Gasteiger charge is -2.32. The van der Waals surface area contributed by atoms with E-state index in [2.05, 4.69) is 10.7 Å². The number of amides is 4. The molecule has 0 saturated carbocycles. The minimum absolute atomic E-state index is 0.148. The largest absolute Gasteiger partial charge is 0.360 e. The van der Waals surface area contributed by atoms with Gasteiger partial charge in [0.2, 0.25) is 0 Å². The molecule has 2 aromatic rings. The van der Waals surface area contributed by atoms with Crippen molar-refractivity contribution in [1.29, 1.82) is 0 Å². The average Bonchev–Trinajstić information content (AvgIpc) is 2.99. The van der Waals surface area contributed by atoms with Gasteiger partial charge in [0.1, 0.15) is 11.4 Å². The molecule has 2 aromatic carbocycles. The van der Waals surface area contributed by atoms with Crippen molar-refractivity contribution in [3.05, 3.63) is 65.0 Å². The summed E-state index contributed by atoms with van der Waals surface area (Å²) in [7, 11) is 0. The lowest BCUT2D eigenvalue weighted by Crippen LogP contribution is -2.51. The fourth-order valence-corrected chi connectivity index (χ4v) is 4.41. The van der Waals surface area contributed by atoms with Crippen LogP contribution in [0.3, 0.4) is 0 Å². The van der Waals surface area contributed by atoms with Crippen LogP contribution >= 0.6 is 0 Å². The van der Waals surface area contributed by atoms with Gasteiger partial charge < -0.3 is 10.2 Å². The number of benzene rings is 2. The molecule has 7 nitrogen and oxygen atoms in total. The highest BCUT2D eigenvalue weighted by Crippen LogP contribution is 2.32. The monoisotopic (exact) mass is 438 g/mol. The molecule has 0 radical (unpaired) electrons. The zero-order valence-corrected chi connectivity index (χ0v) is 18.3. The van der Waals surface area contributed by atoms with Crippen LogP contribution in [0, 0.1) is 12.7 Å². The molecule has 1 atom stereocenters. The highest BCUT2D eigenvalue weighted by atomic mass is 19.1. The number of rotatable bonds is 6. The number of hydrogen-bond donors (Lipinski definition) is 2. The Balaban J connectivity index is 1.41. The van der Waals surface area contributed by atoms with Crippen molar-refractivity contribution in [3.63, 3.8) is 0 Å². The molecule has 0 bridgehead atoms. The molecule has 2 aliphatic rings. The van der Waals surface area contributed by atoms with Gasteiger partial charge in [-0.15, -0.1) is 0 Å². The summed E-state index contributed by atoms with van der Waals surface area (Å²) in [4.78, 5) is 39.8. The van der Waals surface area contributed by atoms with E-state index in [0.717, 1.165) is 34.5 Å². The van der Waals surface area contributed by atoms with Gasteiger partial charge in [0.25, 0.3) is 11.8 Å². The maximum atomic E-state index is 14.5. The first-order valence-electron chi connectivity index (χ1n) is 10.8. The fourth-order valence-electron chi connectivity index (χ4n) is 4.41. The summed E-state index contributed by atoms with van der Waals surface area (Å²) < 4.78 is 14.5. The van der Waals surface area contributed by atoms with E-state index in [1.165, 1.54) is 6.07 Å². The molecule has 2 aliphatic heterocycles.